The first-order chi connectivity index (χ1) is 8.38. The highest BCUT2D eigenvalue weighted by Gasteiger charge is 2.10. The highest BCUT2D eigenvalue weighted by Crippen LogP contribution is 2.13. The normalized spacial score (nSPS) is 16.8. The number of nitrogens with one attached hydrogen (secondary N) is 1. The van der Waals surface area contributed by atoms with Crippen LogP contribution >= 0.6 is 11.8 Å². The van der Waals surface area contributed by atoms with Gasteiger partial charge in [-0.25, -0.2) is 0 Å². The second-order valence-electron chi connectivity index (χ2n) is 4.53. The Morgan fingerprint density at radius 1 is 1.29 bits per heavy atom. The summed E-state index contributed by atoms with van der Waals surface area (Å²) < 4.78 is 5.70. The maximum absolute atomic E-state index is 5.70. The molecule has 0 atom stereocenters. The fourth-order valence-corrected chi connectivity index (χ4v) is 2.63. The van der Waals surface area contributed by atoms with Gasteiger partial charge in [0, 0.05) is 13.1 Å². The van der Waals surface area contributed by atoms with Gasteiger partial charge in [-0.3, -0.25) is 0 Å². The first-order valence-corrected chi connectivity index (χ1v) is 7.77. The molecule has 3 nitrogen and oxygen atoms in total. The van der Waals surface area contributed by atoms with Crippen LogP contribution in [-0.2, 0) is 12.3 Å². The molecule has 0 unspecified atom stereocenters. The Kier molecular flexibility index (Phi) is 5.42. The highest BCUT2D eigenvalue weighted by molar-refractivity contribution is 7.97. The number of hydrogen-bond donors (Lipinski definition) is 1. The summed E-state index contributed by atoms with van der Waals surface area (Å²) >= 11 is 1.79. The van der Waals surface area contributed by atoms with E-state index in [-0.39, 0.29) is 0 Å². The standard InChI is InChI=1S/C13H22N2OS/c1-17-11-13-5-4-12(16-13)10-14-6-9-15-7-2-3-8-15/h4-5,14H,2-3,6-11H2,1H3. The molecule has 0 aliphatic carbocycles. The maximum Gasteiger partial charge on any atom is 0.118 e. The zero-order valence-electron chi connectivity index (χ0n) is 10.6. The summed E-state index contributed by atoms with van der Waals surface area (Å²) in [6.45, 7) is 5.62. The Bertz CT molecular complexity index is 321. The molecule has 17 heavy (non-hydrogen) atoms. The molecule has 1 N–H and O–H groups in total. The Labute approximate surface area is 108 Å². The Hall–Kier alpha value is -0.450. The predicted octanol–water partition coefficient (Wildman–Crippen LogP) is 2.33. The van der Waals surface area contributed by atoms with E-state index in [0.29, 0.717) is 0 Å². The summed E-state index contributed by atoms with van der Waals surface area (Å²) in [5.74, 6) is 3.10. The van der Waals surface area contributed by atoms with E-state index in [1.807, 2.05) is 0 Å². The molecule has 0 amide bonds. The summed E-state index contributed by atoms with van der Waals surface area (Å²) in [7, 11) is 0. The van der Waals surface area contributed by atoms with Crippen molar-refractivity contribution in [3.63, 3.8) is 0 Å². The molecule has 2 rings (SSSR count). The average molecular weight is 254 g/mol. The zero-order valence-corrected chi connectivity index (χ0v) is 11.4. The van der Waals surface area contributed by atoms with Crippen LogP contribution in [0.1, 0.15) is 24.4 Å². The number of hydrogen-bond acceptors (Lipinski definition) is 4. The Balaban J connectivity index is 1.60. The Morgan fingerprint density at radius 3 is 2.82 bits per heavy atom. The summed E-state index contributed by atoms with van der Waals surface area (Å²) in [6.07, 6.45) is 4.84. The van der Waals surface area contributed by atoms with Crippen LogP contribution in [0, 0.1) is 0 Å². The van der Waals surface area contributed by atoms with Crippen molar-refractivity contribution in [2.45, 2.75) is 25.1 Å². The summed E-state index contributed by atoms with van der Waals surface area (Å²) in [5.41, 5.74) is 0. The van der Waals surface area contributed by atoms with Crippen molar-refractivity contribution < 1.29 is 4.42 Å². The first-order valence-electron chi connectivity index (χ1n) is 6.38. The summed E-state index contributed by atoms with van der Waals surface area (Å²) in [4.78, 5) is 2.52. The van der Waals surface area contributed by atoms with Gasteiger partial charge >= 0.3 is 0 Å². The molecule has 0 saturated carbocycles. The Morgan fingerprint density at radius 2 is 2.06 bits per heavy atom. The third kappa shape index (κ3) is 4.37. The second kappa shape index (κ2) is 7.09. The van der Waals surface area contributed by atoms with E-state index in [1.165, 1.54) is 32.5 Å². The van der Waals surface area contributed by atoms with E-state index < -0.39 is 0 Å². The lowest BCUT2D eigenvalue weighted by Gasteiger charge is -2.14. The lowest BCUT2D eigenvalue weighted by Crippen LogP contribution is -2.29. The van der Waals surface area contributed by atoms with Crippen LogP contribution in [0.3, 0.4) is 0 Å². The molecule has 1 aliphatic rings. The highest BCUT2D eigenvalue weighted by atomic mass is 32.2. The van der Waals surface area contributed by atoms with Crippen molar-refractivity contribution in [3.8, 4) is 0 Å². The minimum Gasteiger partial charge on any atom is -0.464 e. The van der Waals surface area contributed by atoms with Crippen molar-refractivity contribution in [2.24, 2.45) is 0 Å². The van der Waals surface area contributed by atoms with Gasteiger partial charge in [0.05, 0.1) is 12.3 Å². The van der Waals surface area contributed by atoms with Gasteiger partial charge in [0.1, 0.15) is 11.5 Å². The molecular weight excluding hydrogens is 232 g/mol. The minimum absolute atomic E-state index is 0.849. The predicted molar refractivity (Wildman–Crippen MR) is 73.3 cm³/mol. The molecule has 4 heteroatoms. The van der Waals surface area contributed by atoms with Crippen molar-refractivity contribution in [3.05, 3.63) is 23.7 Å². The van der Waals surface area contributed by atoms with Crippen LogP contribution in [-0.4, -0.2) is 37.3 Å². The molecule has 1 saturated heterocycles. The van der Waals surface area contributed by atoms with Gasteiger partial charge in [-0.1, -0.05) is 0 Å². The van der Waals surface area contributed by atoms with Crippen LogP contribution in [0.4, 0.5) is 0 Å². The van der Waals surface area contributed by atoms with Gasteiger partial charge in [-0.05, 0) is 44.3 Å². The zero-order chi connectivity index (χ0) is 11.9. The smallest absolute Gasteiger partial charge is 0.118 e. The molecule has 1 aromatic rings. The lowest BCUT2D eigenvalue weighted by atomic mass is 10.4. The number of thioether (sulfide) groups is 1. The van der Waals surface area contributed by atoms with E-state index in [4.69, 9.17) is 4.42 Å². The molecule has 1 aromatic heterocycles. The molecule has 0 bridgehead atoms. The largest absolute Gasteiger partial charge is 0.464 e. The molecule has 1 aliphatic heterocycles. The van der Waals surface area contributed by atoms with Gasteiger partial charge < -0.3 is 14.6 Å². The number of likely N-dealkylation sites (tertiary alicyclic amines) is 1. The summed E-state index contributed by atoms with van der Waals surface area (Å²) in [6, 6.07) is 4.16. The van der Waals surface area contributed by atoms with Crippen LogP contribution < -0.4 is 5.32 Å². The van der Waals surface area contributed by atoms with Gasteiger partial charge in [-0.15, -0.1) is 0 Å². The molecule has 0 aromatic carbocycles. The molecule has 2 heterocycles. The first kappa shape index (κ1) is 13.0. The van der Waals surface area contributed by atoms with Crippen molar-refractivity contribution in [2.75, 3.05) is 32.4 Å². The number of furan rings is 1. The minimum atomic E-state index is 0.849. The van der Waals surface area contributed by atoms with Gasteiger partial charge in [0.25, 0.3) is 0 Å². The van der Waals surface area contributed by atoms with Gasteiger partial charge in [-0.2, -0.15) is 11.8 Å². The fourth-order valence-electron chi connectivity index (χ4n) is 2.19. The average Bonchev–Trinajstić information content (AvgIpc) is 2.96. The van der Waals surface area contributed by atoms with Crippen molar-refractivity contribution in [1.29, 1.82) is 0 Å². The van der Waals surface area contributed by atoms with E-state index in [9.17, 15) is 0 Å². The SMILES string of the molecule is CSCc1ccc(CNCCN2CCCC2)o1. The fraction of sp³-hybridized carbons (Fsp3) is 0.692. The van der Waals surface area contributed by atoms with E-state index >= 15 is 0 Å². The second-order valence-corrected chi connectivity index (χ2v) is 5.39. The van der Waals surface area contributed by atoms with Gasteiger partial charge in [0.15, 0.2) is 0 Å². The van der Waals surface area contributed by atoms with E-state index in [0.717, 1.165) is 30.4 Å². The van der Waals surface area contributed by atoms with Crippen molar-refractivity contribution in [1.82, 2.24) is 10.2 Å². The molecule has 1 fully saturated rings. The van der Waals surface area contributed by atoms with E-state index in [1.54, 1.807) is 11.8 Å². The maximum atomic E-state index is 5.70. The van der Waals surface area contributed by atoms with Crippen LogP contribution in [0.15, 0.2) is 16.5 Å². The molecular formula is C13H22N2OS. The van der Waals surface area contributed by atoms with E-state index in [2.05, 4.69) is 28.6 Å². The molecule has 96 valence electrons. The summed E-state index contributed by atoms with van der Waals surface area (Å²) in [5, 5.41) is 3.44. The quantitative estimate of drug-likeness (QED) is 0.756. The third-order valence-electron chi connectivity index (χ3n) is 3.11. The molecule has 0 spiro atoms. The van der Waals surface area contributed by atoms with Crippen LogP contribution in [0.5, 0.6) is 0 Å². The monoisotopic (exact) mass is 254 g/mol. The van der Waals surface area contributed by atoms with Crippen molar-refractivity contribution >= 4 is 11.8 Å². The van der Waals surface area contributed by atoms with Crippen LogP contribution in [0.2, 0.25) is 0 Å². The topological polar surface area (TPSA) is 28.4 Å². The number of rotatable bonds is 7. The van der Waals surface area contributed by atoms with Crippen LogP contribution in [0.25, 0.3) is 0 Å². The van der Waals surface area contributed by atoms with Gasteiger partial charge in [0.2, 0.25) is 0 Å². The molecule has 0 radical (unpaired) electrons. The lowest BCUT2D eigenvalue weighted by molar-refractivity contribution is 0.332. The third-order valence-corrected chi connectivity index (χ3v) is 3.68. The number of nitrogens with zero attached hydrogens (tertiary/aromatic N) is 1.